The molecule has 1 amide bonds. The van der Waals surface area contributed by atoms with Gasteiger partial charge in [-0.25, -0.2) is 4.98 Å². The van der Waals surface area contributed by atoms with Gasteiger partial charge in [0.2, 0.25) is 0 Å². The summed E-state index contributed by atoms with van der Waals surface area (Å²) in [6, 6.07) is 2.31. The number of likely N-dealkylation sites (N-methyl/N-ethyl adjacent to an activating group) is 1. The number of rotatable bonds is 5. The molecule has 2 rings (SSSR count). The monoisotopic (exact) mass is 309 g/mol. The van der Waals surface area contributed by atoms with Gasteiger partial charge < -0.3 is 10.2 Å². The molecule has 0 bridgehead atoms. The Labute approximate surface area is 127 Å². The van der Waals surface area contributed by atoms with Gasteiger partial charge in [0.1, 0.15) is 5.69 Å². The summed E-state index contributed by atoms with van der Waals surface area (Å²) < 4.78 is 0. The second-order valence-electron chi connectivity index (χ2n) is 4.91. The van der Waals surface area contributed by atoms with Crippen LogP contribution in [0.4, 0.5) is 0 Å². The maximum absolute atomic E-state index is 12.1. The van der Waals surface area contributed by atoms with E-state index in [1.165, 1.54) is 21.8 Å². The van der Waals surface area contributed by atoms with Gasteiger partial charge in [-0.05, 0) is 45.0 Å². The SMILES string of the molecule is Cc1nc(C(=O)NC[C@@H](c2sccc2C)N(C)C)cs1. The largest absolute Gasteiger partial charge is 0.349 e. The van der Waals surface area contributed by atoms with Crippen molar-refractivity contribution >= 4 is 28.6 Å². The number of amides is 1. The number of nitrogens with one attached hydrogen (secondary N) is 1. The van der Waals surface area contributed by atoms with Crippen LogP contribution in [0.15, 0.2) is 16.8 Å². The second-order valence-corrected chi connectivity index (χ2v) is 6.92. The molecule has 0 spiro atoms. The maximum atomic E-state index is 12.1. The van der Waals surface area contributed by atoms with Crippen molar-refractivity contribution < 1.29 is 4.79 Å². The molecule has 0 aromatic carbocycles. The highest BCUT2D eigenvalue weighted by atomic mass is 32.1. The molecular formula is C14H19N3OS2. The fraction of sp³-hybridized carbons (Fsp3) is 0.429. The van der Waals surface area contributed by atoms with Gasteiger partial charge in [0.15, 0.2) is 0 Å². The zero-order valence-electron chi connectivity index (χ0n) is 12.1. The number of thiophene rings is 1. The number of nitrogens with zero attached hydrogens (tertiary/aromatic N) is 2. The summed E-state index contributed by atoms with van der Waals surface area (Å²) in [5.74, 6) is -0.101. The van der Waals surface area contributed by atoms with Crippen LogP contribution < -0.4 is 5.32 Å². The van der Waals surface area contributed by atoms with Crippen molar-refractivity contribution in [3.63, 3.8) is 0 Å². The van der Waals surface area contributed by atoms with Gasteiger partial charge in [-0.15, -0.1) is 22.7 Å². The highest BCUT2D eigenvalue weighted by Crippen LogP contribution is 2.26. The van der Waals surface area contributed by atoms with E-state index in [-0.39, 0.29) is 11.9 Å². The molecule has 2 aromatic rings. The van der Waals surface area contributed by atoms with Crippen molar-refractivity contribution in [3.05, 3.63) is 38.0 Å². The number of aryl methyl sites for hydroxylation is 2. The van der Waals surface area contributed by atoms with E-state index >= 15 is 0 Å². The Bertz CT molecular complexity index is 589. The van der Waals surface area contributed by atoms with E-state index in [4.69, 9.17) is 0 Å². The standard InChI is InChI=1S/C14H19N3OS2/c1-9-5-6-19-13(9)12(17(3)4)7-15-14(18)11-8-20-10(2)16-11/h5-6,8,12H,7H2,1-4H3,(H,15,18)/t12-/m0/s1. The average Bonchev–Trinajstić information content (AvgIpc) is 2.99. The molecule has 0 saturated heterocycles. The lowest BCUT2D eigenvalue weighted by Crippen LogP contribution is -2.34. The van der Waals surface area contributed by atoms with Crippen molar-refractivity contribution in [2.24, 2.45) is 0 Å². The lowest BCUT2D eigenvalue weighted by molar-refractivity contribution is 0.0937. The number of carbonyl (C=O) groups excluding carboxylic acids is 1. The molecule has 6 heteroatoms. The van der Waals surface area contributed by atoms with Crippen LogP contribution in [0.25, 0.3) is 0 Å². The molecule has 0 aliphatic carbocycles. The Balaban J connectivity index is 2.03. The summed E-state index contributed by atoms with van der Waals surface area (Å²) in [5.41, 5.74) is 1.78. The van der Waals surface area contributed by atoms with Crippen LogP contribution in [0.5, 0.6) is 0 Å². The minimum atomic E-state index is -0.101. The van der Waals surface area contributed by atoms with Gasteiger partial charge in [-0.1, -0.05) is 0 Å². The lowest BCUT2D eigenvalue weighted by atomic mass is 10.1. The number of aromatic nitrogens is 1. The topological polar surface area (TPSA) is 45.2 Å². The van der Waals surface area contributed by atoms with E-state index in [2.05, 4.69) is 33.6 Å². The molecule has 4 nitrogen and oxygen atoms in total. The maximum Gasteiger partial charge on any atom is 0.270 e. The second kappa shape index (κ2) is 6.47. The molecule has 0 fully saturated rings. The summed E-state index contributed by atoms with van der Waals surface area (Å²) >= 11 is 3.22. The zero-order chi connectivity index (χ0) is 14.7. The highest BCUT2D eigenvalue weighted by molar-refractivity contribution is 7.10. The number of hydrogen-bond donors (Lipinski definition) is 1. The van der Waals surface area contributed by atoms with Crippen LogP contribution in [0.3, 0.4) is 0 Å². The van der Waals surface area contributed by atoms with Gasteiger partial charge in [0.25, 0.3) is 5.91 Å². The van der Waals surface area contributed by atoms with Crippen LogP contribution in [0.2, 0.25) is 0 Å². The van der Waals surface area contributed by atoms with Crippen molar-refractivity contribution in [2.45, 2.75) is 19.9 Å². The van der Waals surface area contributed by atoms with E-state index in [9.17, 15) is 4.79 Å². The molecule has 0 aliphatic rings. The van der Waals surface area contributed by atoms with Crippen molar-refractivity contribution in [1.29, 1.82) is 0 Å². The zero-order valence-corrected chi connectivity index (χ0v) is 13.8. The van der Waals surface area contributed by atoms with E-state index in [0.717, 1.165) is 5.01 Å². The Kier molecular flexibility index (Phi) is 4.91. The Hall–Kier alpha value is -1.24. The minimum absolute atomic E-state index is 0.101. The van der Waals surface area contributed by atoms with Crippen LogP contribution >= 0.6 is 22.7 Å². The molecule has 0 unspecified atom stereocenters. The van der Waals surface area contributed by atoms with E-state index in [1.54, 1.807) is 16.7 Å². The van der Waals surface area contributed by atoms with Crippen LogP contribution in [0, 0.1) is 13.8 Å². The predicted octanol–water partition coefficient (Wildman–Crippen LogP) is 2.85. The van der Waals surface area contributed by atoms with Gasteiger partial charge in [0, 0.05) is 16.8 Å². The van der Waals surface area contributed by atoms with Crippen LogP contribution in [-0.2, 0) is 0 Å². The lowest BCUT2D eigenvalue weighted by Gasteiger charge is -2.24. The van der Waals surface area contributed by atoms with E-state index in [1.807, 2.05) is 21.0 Å². The first kappa shape index (κ1) is 15.2. The Morgan fingerprint density at radius 2 is 2.15 bits per heavy atom. The Morgan fingerprint density at radius 1 is 1.40 bits per heavy atom. The number of carbonyl (C=O) groups is 1. The van der Waals surface area contributed by atoms with Gasteiger partial charge in [-0.2, -0.15) is 0 Å². The summed E-state index contributed by atoms with van der Waals surface area (Å²) in [6.07, 6.45) is 0. The molecule has 0 aliphatic heterocycles. The van der Waals surface area contributed by atoms with Crippen molar-refractivity contribution in [3.8, 4) is 0 Å². The Morgan fingerprint density at radius 3 is 2.65 bits per heavy atom. The third-order valence-corrected chi connectivity index (χ3v) is 5.03. The molecule has 0 radical (unpaired) electrons. The minimum Gasteiger partial charge on any atom is -0.349 e. The molecule has 1 atom stereocenters. The first-order chi connectivity index (χ1) is 9.49. The fourth-order valence-electron chi connectivity index (χ4n) is 1.98. The first-order valence-corrected chi connectivity index (χ1v) is 8.15. The smallest absolute Gasteiger partial charge is 0.270 e. The van der Waals surface area contributed by atoms with Crippen LogP contribution in [0.1, 0.15) is 32.0 Å². The van der Waals surface area contributed by atoms with Gasteiger partial charge in [-0.3, -0.25) is 4.79 Å². The number of thiazole rings is 1. The third-order valence-electron chi connectivity index (χ3n) is 3.14. The van der Waals surface area contributed by atoms with E-state index in [0.29, 0.717) is 12.2 Å². The van der Waals surface area contributed by atoms with Crippen LogP contribution in [-0.4, -0.2) is 36.4 Å². The normalized spacial score (nSPS) is 12.7. The van der Waals surface area contributed by atoms with Crippen molar-refractivity contribution in [2.75, 3.05) is 20.6 Å². The molecule has 20 heavy (non-hydrogen) atoms. The molecule has 2 aromatic heterocycles. The summed E-state index contributed by atoms with van der Waals surface area (Å²) in [6.45, 7) is 4.59. The van der Waals surface area contributed by atoms with Gasteiger partial charge in [0.05, 0.1) is 11.0 Å². The van der Waals surface area contributed by atoms with Gasteiger partial charge >= 0.3 is 0 Å². The fourth-order valence-corrected chi connectivity index (χ4v) is 3.70. The number of hydrogen-bond acceptors (Lipinski definition) is 5. The molecular weight excluding hydrogens is 290 g/mol. The van der Waals surface area contributed by atoms with Crippen molar-refractivity contribution in [1.82, 2.24) is 15.2 Å². The highest BCUT2D eigenvalue weighted by Gasteiger charge is 2.19. The third kappa shape index (κ3) is 3.45. The first-order valence-electron chi connectivity index (χ1n) is 6.39. The summed E-state index contributed by atoms with van der Waals surface area (Å²) in [4.78, 5) is 19.7. The molecule has 1 N–H and O–H groups in total. The van der Waals surface area contributed by atoms with E-state index < -0.39 is 0 Å². The molecule has 108 valence electrons. The molecule has 2 heterocycles. The summed E-state index contributed by atoms with van der Waals surface area (Å²) in [5, 5.41) is 7.78. The predicted molar refractivity (Wildman–Crippen MR) is 84.7 cm³/mol. The average molecular weight is 309 g/mol. The summed E-state index contributed by atoms with van der Waals surface area (Å²) in [7, 11) is 4.06. The quantitative estimate of drug-likeness (QED) is 0.924. The molecule has 0 saturated carbocycles.